The SMILES string of the molecule is CCCCCCCCCCCCCCCCCCCCCC(=O)O[C@H](COC(=O)CCCCCCCCCCCCCCCCCCCCC(C)CC)COC(=O)CCCCCCCCCCCCCCCCCCC(C)C. The zero-order valence-corrected chi connectivity index (χ0v) is 53.8. The number of hydrogen-bond donors (Lipinski definition) is 0. The first-order valence-electron chi connectivity index (χ1n) is 35.8. The molecule has 0 fully saturated rings. The highest BCUT2D eigenvalue weighted by Crippen LogP contribution is 2.20. The highest BCUT2D eigenvalue weighted by atomic mass is 16.6. The molecule has 0 heterocycles. The van der Waals surface area contributed by atoms with Gasteiger partial charge in [0.15, 0.2) is 6.10 Å². The molecule has 0 radical (unpaired) electrons. The molecular formula is C72H140O6. The molecule has 0 aromatic rings. The van der Waals surface area contributed by atoms with E-state index < -0.39 is 6.10 Å². The van der Waals surface area contributed by atoms with Crippen LogP contribution >= 0.6 is 0 Å². The Balaban J connectivity index is 4.27. The van der Waals surface area contributed by atoms with Gasteiger partial charge in [-0.1, -0.05) is 375 Å². The molecule has 6 nitrogen and oxygen atoms in total. The van der Waals surface area contributed by atoms with E-state index in [1.165, 1.54) is 302 Å². The van der Waals surface area contributed by atoms with Gasteiger partial charge in [-0.15, -0.1) is 0 Å². The zero-order chi connectivity index (χ0) is 56.7. The van der Waals surface area contributed by atoms with Gasteiger partial charge in [0.2, 0.25) is 0 Å². The minimum Gasteiger partial charge on any atom is -0.462 e. The van der Waals surface area contributed by atoms with E-state index in [1.807, 2.05) is 0 Å². The van der Waals surface area contributed by atoms with Gasteiger partial charge in [0.25, 0.3) is 0 Å². The van der Waals surface area contributed by atoms with Crippen molar-refractivity contribution >= 4 is 17.9 Å². The van der Waals surface area contributed by atoms with Gasteiger partial charge >= 0.3 is 17.9 Å². The second-order valence-electron chi connectivity index (χ2n) is 25.6. The van der Waals surface area contributed by atoms with E-state index in [4.69, 9.17) is 14.2 Å². The van der Waals surface area contributed by atoms with E-state index in [2.05, 4.69) is 34.6 Å². The fraction of sp³-hybridized carbons (Fsp3) is 0.958. The van der Waals surface area contributed by atoms with Gasteiger partial charge in [0, 0.05) is 19.3 Å². The molecule has 0 aliphatic rings. The summed E-state index contributed by atoms with van der Waals surface area (Å²) in [6.45, 7) is 11.5. The number of ether oxygens (including phenoxy) is 3. The summed E-state index contributed by atoms with van der Waals surface area (Å²) in [5, 5.41) is 0. The maximum absolute atomic E-state index is 13.0. The molecule has 0 aromatic carbocycles. The summed E-state index contributed by atoms with van der Waals surface area (Å²) in [6.07, 6.45) is 74.0. The molecule has 0 bridgehead atoms. The second-order valence-corrected chi connectivity index (χ2v) is 25.6. The van der Waals surface area contributed by atoms with Crippen LogP contribution in [0.15, 0.2) is 0 Å². The molecule has 1 unspecified atom stereocenters. The first-order chi connectivity index (χ1) is 38.3. The molecule has 0 aromatic heterocycles. The number of carbonyl (C=O) groups is 3. The molecule has 0 aliphatic heterocycles. The van der Waals surface area contributed by atoms with Crippen LogP contribution < -0.4 is 0 Å². The third kappa shape index (κ3) is 63.6. The standard InChI is InChI=1S/C72H140O6/c1-6-8-9-10-11-12-13-14-15-16-17-22-29-34-39-44-49-54-59-64-72(75)78-69(66-77-71(74)63-58-53-48-43-38-33-28-24-23-25-30-35-40-45-50-55-60-67(3)4)65-76-70(73)62-57-52-47-42-37-32-27-21-19-18-20-26-31-36-41-46-51-56-61-68(5)7-2/h67-69H,6-66H2,1-5H3/t68?,69-/m1/s1. The van der Waals surface area contributed by atoms with Crippen LogP contribution in [0.4, 0.5) is 0 Å². The number of rotatable bonds is 66. The molecule has 0 rings (SSSR count). The van der Waals surface area contributed by atoms with E-state index >= 15 is 0 Å². The average molecular weight is 1100 g/mol. The molecule has 78 heavy (non-hydrogen) atoms. The quantitative estimate of drug-likeness (QED) is 0.0343. The normalized spacial score (nSPS) is 12.4. The van der Waals surface area contributed by atoms with Crippen LogP contribution in [0, 0.1) is 11.8 Å². The Morgan fingerprint density at radius 2 is 0.487 bits per heavy atom. The predicted molar refractivity (Wildman–Crippen MR) is 340 cm³/mol. The van der Waals surface area contributed by atoms with E-state index in [-0.39, 0.29) is 31.1 Å². The van der Waals surface area contributed by atoms with Gasteiger partial charge in [0.1, 0.15) is 13.2 Å². The van der Waals surface area contributed by atoms with Gasteiger partial charge in [-0.25, -0.2) is 0 Å². The molecule has 464 valence electrons. The van der Waals surface area contributed by atoms with Crippen molar-refractivity contribution in [3.05, 3.63) is 0 Å². The summed E-state index contributed by atoms with van der Waals surface area (Å²) in [6, 6.07) is 0. The van der Waals surface area contributed by atoms with Crippen LogP contribution in [0.25, 0.3) is 0 Å². The molecule has 0 saturated heterocycles. The summed E-state index contributed by atoms with van der Waals surface area (Å²) in [4.78, 5) is 38.5. The van der Waals surface area contributed by atoms with Crippen molar-refractivity contribution in [2.45, 2.75) is 420 Å². The lowest BCUT2D eigenvalue weighted by Gasteiger charge is -2.18. The lowest BCUT2D eigenvalue weighted by atomic mass is 9.99. The smallest absolute Gasteiger partial charge is 0.306 e. The van der Waals surface area contributed by atoms with Crippen LogP contribution in [0.1, 0.15) is 413 Å². The van der Waals surface area contributed by atoms with Gasteiger partial charge in [-0.05, 0) is 31.1 Å². The second kappa shape index (κ2) is 64.6. The van der Waals surface area contributed by atoms with E-state index in [0.29, 0.717) is 19.3 Å². The van der Waals surface area contributed by atoms with Crippen molar-refractivity contribution in [3.63, 3.8) is 0 Å². The molecule has 0 spiro atoms. The largest absolute Gasteiger partial charge is 0.462 e. The molecular weight excluding hydrogens is 961 g/mol. The van der Waals surface area contributed by atoms with Crippen molar-refractivity contribution in [1.82, 2.24) is 0 Å². The third-order valence-corrected chi connectivity index (χ3v) is 17.1. The number of unbranched alkanes of at least 4 members (excludes halogenated alkanes) is 50. The Hall–Kier alpha value is -1.59. The average Bonchev–Trinajstić information content (AvgIpc) is 3.43. The highest BCUT2D eigenvalue weighted by molar-refractivity contribution is 5.71. The Kier molecular flexibility index (Phi) is 63.3. The molecule has 2 atom stereocenters. The first kappa shape index (κ1) is 76.4. The van der Waals surface area contributed by atoms with Gasteiger partial charge in [-0.2, -0.15) is 0 Å². The summed E-state index contributed by atoms with van der Waals surface area (Å²) >= 11 is 0. The Labute approximate surface area is 488 Å². The van der Waals surface area contributed by atoms with Crippen LogP contribution in [0.3, 0.4) is 0 Å². The molecule has 6 heteroatoms. The van der Waals surface area contributed by atoms with Gasteiger partial charge < -0.3 is 14.2 Å². The van der Waals surface area contributed by atoms with E-state index in [0.717, 1.165) is 69.6 Å². The van der Waals surface area contributed by atoms with Gasteiger partial charge in [-0.3, -0.25) is 14.4 Å². The Morgan fingerprint density at radius 1 is 0.269 bits per heavy atom. The van der Waals surface area contributed by atoms with Crippen molar-refractivity contribution < 1.29 is 28.6 Å². The minimum absolute atomic E-state index is 0.0610. The zero-order valence-electron chi connectivity index (χ0n) is 53.8. The van der Waals surface area contributed by atoms with Crippen LogP contribution in [0.2, 0.25) is 0 Å². The first-order valence-corrected chi connectivity index (χ1v) is 35.8. The van der Waals surface area contributed by atoms with Crippen LogP contribution in [-0.2, 0) is 28.6 Å². The fourth-order valence-corrected chi connectivity index (χ4v) is 11.3. The lowest BCUT2D eigenvalue weighted by Crippen LogP contribution is -2.30. The maximum atomic E-state index is 13.0. The lowest BCUT2D eigenvalue weighted by molar-refractivity contribution is -0.167. The summed E-state index contributed by atoms with van der Waals surface area (Å²) in [5.74, 6) is 0.940. The van der Waals surface area contributed by atoms with Crippen LogP contribution in [-0.4, -0.2) is 37.2 Å². The van der Waals surface area contributed by atoms with Gasteiger partial charge in [0.05, 0.1) is 0 Å². The van der Waals surface area contributed by atoms with E-state index in [1.54, 1.807) is 0 Å². The van der Waals surface area contributed by atoms with Crippen LogP contribution in [0.5, 0.6) is 0 Å². The van der Waals surface area contributed by atoms with Crippen molar-refractivity contribution in [2.75, 3.05) is 13.2 Å². The topological polar surface area (TPSA) is 78.9 Å². The molecule has 0 aliphatic carbocycles. The summed E-state index contributed by atoms with van der Waals surface area (Å²) in [5.41, 5.74) is 0. The number of carbonyl (C=O) groups excluding carboxylic acids is 3. The maximum Gasteiger partial charge on any atom is 0.306 e. The monoisotopic (exact) mass is 1100 g/mol. The molecule has 0 N–H and O–H groups in total. The third-order valence-electron chi connectivity index (χ3n) is 17.1. The Bertz CT molecular complexity index is 1200. The minimum atomic E-state index is -0.765. The number of hydrogen-bond acceptors (Lipinski definition) is 6. The summed E-state index contributed by atoms with van der Waals surface area (Å²) < 4.78 is 17.0. The summed E-state index contributed by atoms with van der Waals surface area (Å²) in [7, 11) is 0. The van der Waals surface area contributed by atoms with Crippen molar-refractivity contribution in [1.29, 1.82) is 0 Å². The fourth-order valence-electron chi connectivity index (χ4n) is 11.3. The number of esters is 3. The predicted octanol–water partition coefficient (Wildman–Crippen LogP) is 24.3. The Morgan fingerprint density at radius 3 is 0.731 bits per heavy atom. The van der Waals surface area contributed by atoms with Crippen molar-refractivity contribution in [3.8, 4) is 0 Å². The highest BCUT2D eigenvalue weighted by Gasteiger charge is 2.20. The molecule has 0 amide bonds. The molecule has 0 saturated carbocycles. The van der Waals surface area contributed by atoms with E-state index in [9.17, 15) is 14.4 Å². The van der Waals surface area contributed by atoms with Crippen molar-refractivity contribution in [2.24, 2.45) is 11.8 Å².